The summed E-state index contributed by atoms with van der Waals surface area (Å²) in [4.78, 5) is 15.8. The van der Waals surface area contributed by atoms with Crippen LogP contribution >= 0.6 is 0 Å². The first-order valence-corrected chi connectivity index (χ1v) is 6.67. The van der Waals surface area contributed by atoms with Crippen molar-refractivity contribution in [3.8, 4) is 0 Å². The highest BCUT2D eigenvalue weighted by Gasteiger charge is 2.05. The lowest BCUT2D eigenvalue weighted by Crippen LogP contribution is -2.27. The maximum absolute atomic E-state index is 13.3. The predicted molar refractivity (Wildman–Crippen MR) is 78.5 cm³/mol. The maximum atomic E-state index is 13.3. The number of nitrogens with one attached hydrogen (secondary N) is 1. The number of carbonyl (C=O) groups excluding carboxylic acids is 1. The summed E-state index contributed by atoms with van der Waals surface area (Å²) in [6.07, 6.45) is 5.04. The fraction of sp³-hybridized carbons (Fsp3) is 0.125. The molecule has 21 heavy (non-hydrogen) atoms. The third-order valence-corrected chi connectivity index (χ3v) is 3.30. The number of hydrogen-bond acceptors (Lipinski definition) is 2. The van der Waals surface area contributed by atoms with Gasteiger partial charge in [-0.2, -0.15) is 0 Å². The van der Waals surface area contributed by atoms with E-state index in [1.165, 1.54) is 18.3 Å². The van der Waals surface area contributed by atoms with Crippen LogP contribution in [0.3, 0.4) is 0 Å². The summed E-state index contributed by atoms with van der Waals surface area (Å²) in [7, 11) is 0. The Morgan fingerprint density at radius 1 is 1.29 bits per heavy atom. The standard InChI is InChI=1S/C16H14FN3O/c17-14-4-3-12-5-8-20(15(12)10-14)9-7-19-16(21)13-2-1-6-18-11-13/h1-6,8,10-11H,7,9H2,(H,19,21). The van der Waals surface area contributed by atoms with E-state index in [-0.39, 0.29) is 11.7 Å². The van der Waals surface area contributed by atoms with Crippen LogP contribution in [0.25, 0.3) is 10.9 Å². The number of pyridine rings is 1. The van der Waals surface area contributed by atoms with E-state index in [0.29, 0.717) is 18.7 Å². The molecule has 1 aromatic carbocycles. The van der Waals surface area contributed by atoms with Gasteiger partial charge in [0.2, 0.25) is 0 Å². The summed E-state index contributed by atoms with van der Waals surface area (Å²) in [6, 6.07) is 10.0. The minimum Gasteiger partial charge on any atom is -0.350 e. The Hall–Kier alpha value is -2.69. The molecule has 0 radical (unpaired) electrons. The molecule has 106 valence electrons. The Balaban J connectivity index is 1.65. The van der Waals surface area contributed by atoms with Crippen LogP contribution in [-0.4, -0.2) is 22.0 Å². The molecule has 0 bridgehead atoms. The first kappa shape index (κ1) is 13.3. The SMILES string of the molecule is O=C(NCCn1ccc2ccc(F)cc21)c1cccnc1. The molecule has 0 saturated carbocycles. The van der Waals surface area contributed by atoms with Crippen molar-refractivity contribution in [3.05, 3.63) is 66.4 Å². The number of halogens is 1. The van der Waals surface area contributed by atoms with Crippen LogP contribution in [0.4, 0.5) is 4.39 Å². The van der Waals surface area contributed by atoms with Gasteiger partial charge in [-0.05, 0) is 41.8 Å². The van der Waals surface area contributed by atoms with Gasteiger partial charge in [-0.1, -0.05) is 0 Å². The van der Waals surface area contributed by atoms with E-state index in [1.807, 2.05) is 16.8 Å². The number of fused-ring (bicyclic) bond motifs is 1. The van der Waals surface area contributed by atoms with Crippen molar-refractivity contribution in [3.63, 3.8) is 0 Å². The molecular formula is C16H14FN3O. The van der Waals surface area contributed by atoms with Crippen LogP contribution in [-0.2, 0) is 6.54 Å². The molecular weight excluding hydrogens is 269 g/mol. The highest BCUT2D eigenvalue weighted by molar-refractivity contribution is 5.93. The fourth-order valence-electron chi connectivity index (χ4n) is 2.24. The third kappa shape index (κ3) is 2.91. The van der Waals surface area contributed by atoms with Crippen molar-refractivity contribution < 1.29 is 9.18 Å². The lowest BCUT2D eigenvalue weighted by molar-refractivity contribution is 0.0952. The molecule has 5 heteroatoms. The molecule has 3 rings (SSSR count). The largest absolute Gasteiger partial charge is 0.350 e. The summed E-state index contributed by atoms with van der Waals surface area (Å²) < 4.78 is 15.2. The van der Waals surface area contributed by atoms with Crippen molar-refractivity contribution in [1.82, 2.24) is 14.9 Å². The monoisotopic (exact) mass is 283 g/mol. The molecule has 2 aromatic heterocycles. The van der Waals surface area contributed by atoms with Crippen LogP contribution in [0.1, 0.15) is 10.4 Å². The Labute approximate surface area is 121 Å². The predicted octanol–water partition coefficient (Wildman–Crippen LogP) is 2.61. The highest BCUT2D eigenvalue weighted by atomic mass is 19.1. The topological polar surface area (TPSA) is 46.9 Å². The van der Waals surface area contributed by atoms with Gasteiger partial charge in [-0.3, -0.25) is 9.78 Å². The van der Waals surface area contributed by atoms with Gasteiger partial charge in [0.05, 0.1) is 11.1 Å². The van der Waals surface area contributed by atoms with Crippen LogP contribution in [0.5, 0.6) is 0 Å². The molecule has 1 amide bonds. The van der Waals surface area contributed by atoms with E-state index < -0.39 is 0 Å². The molecule has 0 saturated heterocycles. The van der Waals surface area contributed by atoms with Crippen LogP contribution in [0.2, 0.25) is 0 Å². The Bertz CT molecular complexity index is 768. The minimum absolute atomic E-state index is 0.161. The van der Waals surface area contributed by atoms with E-state index in [0.717, 1.165) is 10.9 Å². The Kier molecular flexibility index (Phi) is 3.64. The zero-order valence-electron chi connectivity index (χ0n) is 11.3. The smallest absolute Gasteiger partial charge is 0.252 e. The number of rotatable bonds is 4. The van der Waals surface area contributed by atoms with Gasteiger partial charge < -0.3 is 9.88 Å². The van der Waals surface area contributed by atoms with Gasteiger partial charge in [0.1, 0.15) is 5.82 Å². The molecule has 0 aliphatic heterocycles. The van der Waals surface area contributed by atoms with Crippen LogP contribution in [0.15, 0.2) is 55.0 Å². The normalized spacial score (nSPS) is 10.7. The molecule has 0 aliphatic carbocycles. The molecule has 0 aliphatic rings. The number of nitrogens with zero attached hydrogens (tertiary/aromatic N) is 2. The molecule has 4 nitrogen and oxygen atoms in total. The van der Waals surface area contributed by atoms with E-state index in [2.05, 4.69) is 10.3 Å². The van der Waals surface area contributed by atoms with E-state index in [9.17, 15) is 9.18 Å². The zero-order valence-corrected chi connectivity index (χ0v) is 11.3. The van der Waals surface area contributed by atoms with Gasteiger partial charge >= 0.3 is 0 Å². The number of amides is 1. The molecule has 2 heterocycles. The molecule has 3 aromatic rings. The number of benzene rings is 1. The fourth-order valence-corrected chi connectivity index (χ4v) is 2.24. The second-order valence-corrected chi connectivity index (χ2v) is 4.71. The Morgan fingerprint density at radius 2 is 2.19 bits per heavy atom. The van der Waals surface area contributed by atoms with E-state index in [1.54, 1.807) is 24.4 Å². The number of hydrogen-bond donors (Lipinski definition) is 1. The van der Waals surface area contributed by atoms with Gasteiger partial charge in [0.15, 0.2) is 0 Å². The van der Waals surface area contributed by atoms with Gasteiger partial charge in [-0.25, -0.2) is 4.39 Å². The molecule has 0 spiro atoms. The first-order valence-electron chi connectivity index (χ1n) is 6.67. The lowest BCUT2D eigenvalue weighted by atomic mass is 10.2. The van der Waals surface area contributed by atoms with E-state index in [4.69, 9.17) is 0 Å². The van der Waals surface area contributed by atoms with Crippen molar-refractivity contribution >= 4 is 16.8 Å². The van der Waals surface area contributed by atoms with Gasteiger partial charge in [-0.15, -0.1) is 0 Å². The van der Waals surface area contributed by atoms with Crippen molar-refractivity contribution in [2.45, 2.75) is 6.54 Å². The summed E-state index contributed by atoms with van der Waals surface area (Å²) >= 11 is 0. The molecule has 0 fully saturated rings. The van der Waals surface area contributed by atoms with Crippen molar-refractivity contribution in [1.29, 1.82) is 0 Å². The second-order valence-electron chi connectivity index (χ2n) is 4.71. The Morgan fingerprint density at radius 3 is 3.00 bits per heavy atom. The average Bonchev–Trinajstić information content (AvgIpc) is 2.90. The maximum Gasteiger partial charge on any atom is 0.252 e. The summed E-state index contributed by atoms with van der Waals surface area (Å²) in [5.41, 5.74) is 1.35. The van der Waals surface area contributed by atoms with E-state index >= 15 is 0 Å². The van der Waals surface area contributed by atoms with Crippen LogP contribution in [0, 0.1) is 5.82 Å². The molecule has 1 N–H and O–H groups in total. The van der Waals surface area contributed by atoms with Gasteiger partial charge in [0, 0.05) is 31.7 Å². The third-order valence-electron chi connectivity index (χ3n) is 3.30. The van der Waals surface area contributed by atoms with Crippen molar-refractivity contribution in [2.75, 3.05) is 6.54 Å². The molecule has 0 unspecified atom stereocenters. The van der Waals surface area contributed by atoms with Gasteiger partial charge in [0.25, 0.3) is 5.91 Å². The molecule has 0 atom stereocenters. The lowest BCUT2D eigenvalue weighted by Gasteiger charge is -2.07. The zero-order chi connectivity index (χ0) is 14.7. The highest BCUT2D eigenvalue weighted by Crippen LogP contribution is 2.16. The average molecular weight is 283 g/mol. The second kappa shape index (κ2) is 5.75. The number of carbonyl (C=O) groups is 1. The summed E-state index contributed by atoms with van der Waals surface area (Å²) in [5, 5.41) is 3.80. The van der Waals surface area contributed by atoms with Crippen LogP contribution < -0.4 is 5.32 Å². The minimum atomic E-state index is -0.262. The summed E-state index contributed by atoms with van der Waals surface area (Å²) in [6.45, 7) is 1.05. The quantitative estimate of drug-likeness (QED) is 0.800. The number of aromatic nitrogens is 2. The first-order chi connectivity index (χ1) is 10.2. The van der Waals surface area contributed by atoms with Crippen molar-refractivity contribution in [2.24, 2.45) is 0 Å². The summed E-state index contributed by atoms with van der Waals surface area (Å²) in [5.74, 6) is -0.424.